The molecular weight excluding hydrogens is 230 g/mol. The van der Waals surface area contributed by atoms with E-state index in [1.54, 1.807) is 11.4 Å². The molecule has 1 rings (SSSR count). The normalized spacial score (nSPS) is 9.79. The van der Waals surface area contributed by atoms with Gasteiger partial charge in [0.25, 0.3) is 5.91 Å². The Morgan fingerprint density at radius 1 is 1.64 bits per heavy atom. The Hall–Kier alpha value is -1.11. The quantitative estimate of drug-likeness (QED) is 0.768. The summed E-state index contributed by atoms with van der Waals surface area (Å²) in [5.74, 6) is -1.71. The molecule has 14 heavy (non-hydrogen) atoms. The fourth-order valence-corrected chi connectivity index (χ4v) is 1.69. The van der Waals surface area contributed by atoms with Crippen LogP contribution < -0.4 is 5.48 Å². The number of carboxylic acids is 1. The summed E-state index contributed by atoms with van der Waals surface area (Å²) in [6.45, 7) is -0.589. The molecule has 0 saturated carbocycles. The molecule has 1 heterocycles. The van der Waals surface area contributed by atoms with E-state index in [0.29, 0.717) is 5.02 Å². The van der Waals surface area contributed by atoms with Crippen molar-refractivity contribution in [3.05, 3.63) is 21.3 Å². The third-order valence-corrected chi connectivity index (χ3v) is 2.52. The summed E-state index contributed by atoms with van der Waals surface area (Å²) in [7, 11) is 0. The van der Waals surface area contributed by atoms with Crippen LogP contribution in [0.15, 0.2) is 11.4 Å². The van der Waals surface area contributed by atoms with Gasteiger partial charge in [0.2, 0.25) is 0 Å². The molecule has 0 radical (unpaired) electrons. The van der Waals surface area contributed by atoms with E-state index in [2.05, 4.69) is 4.84 Å². The van der Waals surface area contributed by atoms with Crippen LogP contribution in [0.25, 0.3) is 0 Å². The van der Waals surface area contributed by atoms with Gasteiger partial charge in [0.1, 0.15) is 4.88 Å². The lowest BCUT2D eigenvalue weighted by molar-refractivity contribution is -0.144. The van der Waals surface area contributed by atoms with E-state index in [9.17, 15) is 9.59 Å². The molecule has 1 amide bonds. The minimum atomic E-state index is -1.16. The third kappa shape index (κ3) is 2.99. The van der Waals surface area contributed by atoms with Crippen molar-refractivity contribution in [1.29, 1.82) is 0 Å². The first-order chi connectivity index (χ1) is 6.61. The van der Waals surface area contributed by atoms with Gasteiger partial charge in [0.15, 0.2) is 6.61 Å². The molecule has 2 N–H and O–H groups in total. The highest BCUT2D eigenvalue weighted by molar-refractivity contribution is 7.12. The lowest BCUT2D eigenvalue weighted by atomic mass is 10.4. The van der Waals surface area contributed by atoms with Gasteiger partial charge in [0, 0.05) is 0 Å². The van der Waals surface area contributed by atoms with Gasteiger partial charge in [-0.3, -0.25) is 9.63 Å². The van der Waals surface area contributed by atoms with Gasteiger partial charge in [-0.1, -0.05) is 11.6 Å². The molecule has 1 aromatic heterocycles. The number of thiophene rings is 1. The maximum atomic E-state index is 11.2. The number of hydroxylamine groups is 1. The van der Waals surface area contributed by atoms with E-state index < -0.39 is 18.5 Å². The number of rotatable bonds is 4. The molecule has 0 saturated heterocycles. The smallest absolute Gasteiger partial charge is 0.332 e. The molecule has 0 fully saturated rings. The Balaban J connectivity index is 2.44. The van der Waals surface area contributed by atoms with Gasteiger partial charge < -0.3 is 5.11 Å². The van der Waals surface area contributed by atoms with Gasteiger partial charge >= 0.3 is 5.97 Å². The zero-order valence-electron chi connectivity index (χ0n) is 6.82. The highest BCUT2D eigenvalue weighted by Gasteiger charge is 2.11. The molecular formula is C7H6ClNO4S. The predicted octanol–water partition coefficient (Wildman–Crippen LogP) is 1.15. The fraction of sp³-hybridized carbons (Fsp3) is 0.143. The topological polar surface area (TPSA) is 75.6 Å². The van der Waals surface area contributed by atoms with Crippen LogP contribution in [0, 0.1) is 0 Å². The highest BCUT2D eigenvalue weighted by Crippen LogP contribution is 2.21. The van der Waals surface area contributed by atoms with Crippen molar-refractivity contribution >= 4 is 34.8 Å². The molecule has 0 bridgehead atoms. The van der Waals surface area contributed by atoms with Crippen LogP contribution in [0.1, 0.15) is 9.67 Å². The molecule has 0 unspecified atom stereocenters. The number of carboxylic acid groups (broad SMARTS) is 1. The predicted molar refractivity (Wildman–Crippen MR) is 50.4 cm³/mol. The molecule has 0 atom stereocenters. The average molecular weight is 236 g/mol. The number of hydrogen-bond acceptors (Lipinski definition) is 4. The van der Waals surface area contributed by atoms with E-state index >= 15 is 0 Å². The molecule has 0 aromatic carbocycles. The summed E-state index contributed by atoms with van der Waals surface area (Å²) in [6, 6.07) is 1.57. The monoisotopic (exact) mass is 235 g/mol. The lowest BCUT2D eigenvalue weighted by Gasteiger charge is -2.01. The molecule has 76 valence electrons. The summed E-state index contributed by atoms with van der Waals surface area (Å²) >= 11 is 6.80. The van der Waals surface area contributed by atoms with Crippen LogP contribution in [0.2, 0.25) is 5.02 Å². The van der Waals surface area contributed by atoms with Crippen molar-refractivity contribution in [1.82, 2.24) is 5.48 Å². The summed E-state index contributed by atoms with van der Waals surface area (Å²) in [4.78, 5) is 25.9. The van der Waals surface area contributed by atoms with E-state index in [1.807, 2.05) is 5.48 Å². The SMILES string of the molecule is O=C(O)CONC(=O)c1sccc1Cl. The molecule has 0 spiro atoms. The van der Waals surface area contributed by atoms with Gasteiger partial charge in [-0.15, -0.1) is 11.3 Å². The number of carbonyl (C=O) groups is 2. The fourth-order valence-electron chi connectivity index (χ4n) is 0.665. The maximum Gasteiger partial charge on any atom is 0.332 e. The Morgan fingerprint density at radius 2 is 2.36 bits per heavy atom. The number of nitrogens with one attached hydrogen (secondary N) is 1. The van der Waals surface area contributed by atoms with Gasteiger partial charge in [-0.25, -0.2) is 10.3 Å². The van der Waals surface area contributed by atoms with Crippen LogP contribution in [-0.4, -0.2) is 23.6 Å². The van der Waals surface area contributed by atoms with Crippen LogP contribution in [-0.2, 0) is 9.63 Å². The second-order valence-electron chi connectivity index (χ2n) is 2.21. The van der Waals surface area contributed by atoms with Crippen LogP contribution in [0.5, 0.6) is 0 Å². The summed E-state index contributed by atoms with van der Waals surface area (Å²) in [6.07, 6.45) is 0. The first-order valence-corrected chi connectivity index (χ1v) is 4.74. The standard InChI is InChI=1S/C7H6ClNO4S/c8-4-1-2-14-6(4)7(12)9-13-3-5(10)11/h1-2H,3H2,(H,9,12)(H,10,11). The largest absolute Gasteiger partial charge is 0.479 e. The number of aliphatic carboxylic acids is 1. The van der Waals surface area contributed by atoms with Crippen molar-refractivity contribution in [2.45, 2.75) is 0 Å². The Kier molecular flexibility index (Phi) is 3.87. The molecule has 0 aliphatic heterocycles. The number of hydrogen-bond donors (Lipinski definition) is 2. The zero-order valence-corrected chi connectivity index (χ0v) is 8.39. The maximum absolute atomic E-state index is 11.2. The Bertz CT molecular complexity index is 351. The zero-order chi connectivity index (χ0) is 10.6. The van der Waals surface area contributed by atoms with Gasteiger partial charge in [-0.2, -0.15) is 0 Å². The molecule has 5 nitrogen and oxygen atoms in total. The van der Waals surface area contributed by atoms with Crippen molar-refractivity contribution in [3.8, 4) is 0 Å². The Morgan fingerprint density at radius 3 is 2.86 bits per heavy atom. The minimum absolute atomic E-state index is 0.289. The minimum Gasteiger partial charge on any atom is -0.479 e. The van der Waals surface area contributed by atoms with E-state index in [-0.39, 0.29) is 4.88 Å². The number of halogens is 1. The molecule has 0 aliphatic rings. The highest BCUT2D eigenvalue weighted by atomic mass is 35.5. The van der Waals surface area contributed by atoms with Crippen LogP contribution >= 0.6 is 22.9 Å². The van der Waals surface area contributed by atoms with Crippen molar-refractivity contribution < 1.29 is 19.5 Å². The van der Waals surface area contributed by atoms with Gasteiger partial charge in [-0.05, 0) is 11.4 Å². The second-order valence-corrected chi connectivity index (χ2v) is 3.53. The molecule has 1 aromatic rings. The summed E-state index contributed by atoms with van der Waals surface area (Å²) < 4.78 is 0. The van der Waals surface area contributed by atoms with Crippen LogP contribution in [0.4, 0.5) is 0 Å². The summed E-state index contributed by atoms with van der Waals surface area (Å²) in [5.41, 5.74) is 1.96. The second kappa shape index (κ2) is 4.94. The first-order valence-electron chi connectivity index (χ1n) is 3.48. The Labute approximate surface area is 88.2 Å². The average Bonchev–Trinajstić information content (AvgIpc) is 2.50. The molecule has 0 aliphatic carbocycles. The third-order valence-electron chi connectivity index (χ3n) is 1.18. The van der Waals surface area contributed by atoms with E-state index in [1.165, 1.54) is 0 Å². The van der Waals surface area contributed by atoms with E-state index in [0.717, 1.165) is 11.3 Å². The van der Waals surface area contributed by atoms with Crippen molar-refractivity contribution in [2.75, 3.05) is 6.61 Å². The number of carbonyl (C=O) groups excluding carboxylic acids is 1. The summed E-state index contributed by atoms with van der Waals surface area (Å²) in [5, 5.41) is 10.2. The van der Waals surface area contributed by atoms with Crippen molar-refractivity contribution in [2.24, 2.45) is 0 Å². The molecule has 7 heteroatoms. The lowest BCUT2D eigenvalue weighted by Crippen LogP contribution is -2.26. The van der Waals surface area contributed by atoms with Crippen molar-refractivity contribution in [3.63, 3.8) is 0 Å². The van der Waals surface area contributed by atoms with Crippen LogP contribution in [0.3, 0.4) is 0 Å². The van der Waals surface area contributed by atoms with Gasteiger partial charge in [0.05, 0.1) is 5.02 Å². The number of amides is 1. The van der Waals surface area contributed by atoms with E-state index in [4.69, 9.17) is 16.7 Å². The first kappa shape index (κ1) is 11.0.